The standard InChI is InChI=1S/C27H23N5O3S/c1-17(24(33)30-15-14-18-8-3-5-12-22(18)30)36-27-29-28-26-31(19-9-7-10-20(16-19)35-2)25(34)21-11-4-6-13-23(21)32(26)27/h3-13,16-17H,14-15H2,1-2H3. The van der Waals surface area contributed by atoms with Crippen molar-refractivity contribution < 1.29 is 9.53 Å². The summed E-state index contributed by atoms with van der Waals surface area (Å²) < 4.78 is 8.75. The molecule has 180 valence electrons. The summed E-state index contributed by atoms with van der Waals surface area (Å²) in [6.45, 7) is 2.55. The van der Waals surface area contributed by atoms with Crippen LogP contribution in [-0.2, 0) is 11.2 Å². The summed E-state index contributed by atoms with van der Waals surface area (Å²) in [4.78, 5) is 28.8. The third kappa shape index (κ3) is 3.54. The van der Waals surface area contributed by atoms with Crippen LogP contribution >= 0.6 is 11.8 Å². The van der Waals surface area contributed by atoms with E-state index in [0.29, 0.717) is 39.8 Å². The van der Waals surface area contributed by atoms with Gasteiger partial charge in [0, 0.05) is 18.3 Å². The number of fused-ring (bicyclic) bond motifs is 4. The average molecular weight is 498 g/mol. The zero-order valence-corrected chi connectivity index (χ0v) is 20.6. The van der Waals surface area contributed by atoms with Crippen LogP contribution in [0.15, 0.2) is 82.7 Å². The number of methoxy groups -OCH3 is 1. The van der Waals surface area contributed by atoms with Gasteiger partial charge in [-0.15, -0.1) is 10.2 Å². The van der Waals surface area contributed by atoms with Gasteiger partial charge in [-0.3, -0.25) is 14.0 Å². The maximum absolute atomic E-state index is 13.5. The maximum atomic E-state index is 13.5. The van der Waals surface area contributed by atoms with Crippen LogP contribution in [-0.4, -0.2) is 44.0 Å². The Morgan fingerprint density at radius 3 is 2.69 bits per heavy atom. The van der Waals surface area contributed by atoms with E-state index >= 15 is 0 Å². The maximum Gasteiger partial charge on any atom is 0.267 e. The van der Waals surface area contributed by atoms with Crippen molar-refractivity contribution in [3.8, 4) is 11.4 Å². The zero-order valence-electron chi connectivity index (χ0n) is 19.8. The van der Waals surface area contributed by atoms with E-state index in [1.54, 1.807) is 19.2 Å². The van der Waals surface area contributed by atoms with E-state index in [0.717, 1.165) is 12.1 Å². The number of hydrogen-bond donors (Lipinski definition) is 0. The van der Waals surface area contributed by atoms with Gasteiger partial charge in [-0.25, -0.2) is 4.57 Å². The molecular weight excluding hydrogens is 474 g/mol. The molecule has 1 unspecified atom stereocenters. The van der Waals surface area contributed by atoms with E-state index in [2.05, 4.69) is 16.3 Å². The fourth-order valence-corrected chi connectivity index (χ4v) is 5.65. The van der Waals surface area contributed by atoms with Crippen molar-refractivity contribution in [3.63, 3.8) is 0 Å². The SMILES string of the molecule is COc1cccc(-n2c(=O)c3ccccc3n3c(SC(C)C(=O)N4CCc5ccccc54)nnc23)c1. The van der Waals surface area contributed by atoms with Crippen molar-refractivity contribution in [1.82, 2.24) is 19.2 Å². The first-order valence-electron chi connectivity index (χ1n) is 11.7. The minimum Gasteiger partial charge on any atom is -0.497 e. The molecule has 1 amide bonds. The van der Waals surface area contributed by atoms with Crippen molar-refractivity contribution in [2.24, 2.45) is 0 Å². The highest BCUT2D eigenvalue weighted by atomic mass is 32.2. The number of aromatic nitrogens is 4. The molecule has 0 fully saturated rings. The van der Waals surface area contributed by atoms with Gasteiger partial charge < -0.3 is 9.64 Å². The normalized spacial score (nSPS) is 13.8. The molecule has 36 heavy (non-hydrogen) atoms. The fraction of sp³-hybridized carbons (Fsp3) is 0.185. The number of amides is 1. The van der Waals surface area contributed by atoms with Crippen molar-refractivity contribution in [1.29, 1.82) is 0 Å². The average Bonchev–Trinajstić information content (AvgIpc) is 3.53. The topological polar surface area (TPSA) is 81.7 Å². The Kier molecular flexibility index (Phi) is 5.49. The predicted molar refractivity (Wildman–Crippen MR) is 140 cm³/mol. The number of carbonyl (C=O) groups excluding carboxylic acids is 1. The molecule has 0 saturated carbocycles. The zero-order chi connectivity index (χ0) is 24.8. The Balaban J connectivity index is 1.45. The Labute approximate surface area is 211 Å². The van der Waals surface area contributed by atoms with Gasteiger partial charge in [-0.1, -0.05) is 48.2 Å². The number of ether oxygens (including phenoxy) is 1. The van der Waals surface area contributed by atoms with Crippen LogP contribution in [0.2, 0.25) is 0 Å². The first-order chi connectivity index (χ1) is 17.6. The number of nitrogens with zero attached hydrogens (tertiary/aromatic N) is 5. The van der Waals surface area contributed by atoms with Crippen LogP contribution in [0.25, 0.3) is 22.4 Å². The monoisotopic (exact) mass is 497 g/mol. The number of carbonyl (C=O) groups is 1. The summed E-state index contributed by atoms with van der Waals surface area (Å²) in [5.41, 5.74) is 3.27. The molecule has 5 aromatic rings. The third-order valence-electron chi connectivity index (χ3n) is 6.49. The lowest BCUT2D eigenvalue weighted by Crippen LogP contribution is -2.35. The van der Waals surface area contributed by atoms with Crippen LogP contribution in [0.1, 0.15) is 12.5 Å². The summed E-state index contributed by atoms with van der Waals surface area (Å²) >= 11 is 1.34. The molecule has 9 heteroatoms. The van der Waals surface area contributed by atoms with Gasteiger partial charge in [-0.05, 0) is 49.2 Å². The van der Waals surface area contributed by atoms with Gasteiger partial charge in [0.25, 0.3) is 5.56 Å². The number of rotatable bonds is 5. The van der Waals surface area contributed by atoms with E-state index in [9.17, 15) is 9.59 Å². The molecule has 0 radical (unpaired) electrons. The van der Waals surface area contributed by atoms with Gasteiger partial charge in [0.05, 0.1) is 29.0 Å². The molecule has 0 N–H and O–H groups in total. The second kappa shape index (κ2) is 8.83. The van der Waals surface area contributed by atoms with Gasteiger partial charge in [0.15, 0.2) is 5.16 Å². The second-order valence-electron chi connectivity index (χ2n) is 8.61. The van der Waals surface area contributed by atoms with Crippen molar-refractivity contribution in [3.05, 3.63) is 88.7 Å². The van der Waals surface area contributed by atoms with E-state index in [4.69, 9.17) is 4.74 Å². The summed E-state index contributed by atoms with van der Waals surface area (Å²) in [7, 11) is 1.58. The van der Waals surface area contributed by atoms with Gasteiger partial charge in [0.1, 0.15) is 5.75 Å². The Bertz CT molecular complexity index is 1690. The van der Waals surface area contributed by atoms with Crippen LogP contribution in [0.5, 0.6) is 5.75 Å². The van der Waals surface area contributed by atoms with Gasteiger partial charge >= 0.3 is 0 Å². The lowest BCUT2D eigenvalue weighted by Gasteiger charge is -2.21. The summed E-state index contributed by atoms with van der Waals surface area (Å²) in [6, 6.07) is 22.6. The summed E-state index contributed by atoms with van der Waals surface area (Å²) in [6.07, 6.45) is 0.852. The Morgan fingerprint density at radius 2 is 1.83 bits per heavy atom. The van der Waals surface area contributed by atoms with E-state index < -0.39 is 5.25 Å². The molecular formula is C27H23N5O3S. The minimum atomic E-state index is -0.403. The molecule has 8 nitrogen and oxygen atoms in total. The number of benzene rings is 3. The lowest BCUT2D eigenvalue weighted by atomic mass is 10.2. The van der Waals surface area contributed by atoms with Gasteiger partial charge in [0.2, 0.25) is 11.7 Å². The highest BCUT2D eigenvalue weighted by Crippen LogP contribution is 2.32. The Morgan fingerprint density at radius 1 is 1.03 bits per heavy atom. The molecule has 0 spiro atoms. The number of anilines is 1. The second-order valence-corrected chi connectivity index (χ2v) is 9.91. The predicted octanol–water partition coefficient (Wildman–Crippen LogP) is 4.11. The van der Waals surface area contributed by atoms with E-state index in [1.165, 1.54) is 21.9 Å². The molecule has 2 aromatic heterocycles. The molecule has 0 bridgehead atoms. The smallest absolute Gasteiger partial charge is 0.267 e. The molecule has 0 saturated heterocycles. The molecule has 1 aliphatic heterocycles. The highest BCUT2D eigenvalue weighted by molar-refractivity contribution is 8.00. The van der Waals surface area contributed by atoms with E-state index in [-0.39, 0.29) is 11.5 Å². The van der Waals surface area contributed by atoms with Crippen LogP contribution in [0.4, 0.5) is 5.69 Å². The number of hydrogen-bond acceptors (Lipinski definition) is 6. The first kappa shape index (κ1) is 22.4. The number of para-hydroxylation sites is 2. The van der Waals surface area contributed by atoms with Gasteiger partial charge in [-0.2, -0.15) is 0 Å². The van der Waals surface area contributed by atoms with Crippen molar-refractivity contribution >= 4 is 40.0 Å². The molecule has 3 aromatic carbocycles. The first-order valence-corrected chi connectivity index (χ1v) is 12.5. The van der Waals surface area contributed by atoms with Crippen LogP contribution < -0.4 is 15.2 Å². The minimum absolute atomic E-state index is 0.0205. The lowest BCUT2D eigenvalue weighted by molar-refractivity contribution is -0.117. The molecule has 1 atom stereocenters. The molecule has 6 rings (SSSR count). The summed E-state index contributed by atoms with van der Waals surface area (Å²) in [5.74, 6) is 1.03. The number of thioether (sulfide) groups is 1. The Hall–Kier alpha value is -4.11. The highest BCUT2D eigenvalue weighted by Gasteiger charge is 2.30. The van der Waals surface area contributed by atoms with Crippen LogP contribution in [0, 0.1) is 0 Å². The third-order valence-corrected chi connectivity index (χ3v) is 7.52. The van der Waals surface area contributed by atoms with Crippen molar-refractivity contribution in [2.45, 2.75) is 23.8 Å². The van der Waals surface area contributed by atoms with E-state index in [1.807, 2.05) is 70.8 Å². The van der Waals surface area contributed by atoms with Crippen LogP contribution in [0.3, 0.4) is 0 Å². The van der Waals surface area contributed by atoms with Crippen molar-refractivity contribution in [2.75, 3.05) is 18.6 Å². The summed E-state index contributed by atoms with van der Waals surface area (Å²) in [5, 5.41) is 9.49. The molecule has 1 aliphatic rings. The molecule has 0 aliphatic carbocycles. The largest absolute Gasteiger partial charge is 0.497 e. The molecule has 3 heterocycles. The quantitative estimate of drug-likeness (QED) is 0.340. The fourth-order valence-electron chi connectivity index (χ4n) is 4.73.